The summed E-state index contributed by atoms with van der Waals surface area (Å²) in [5, 5.41) is 10.8. The number of nitro benzene ring substituents is 1. The molecule has 7 heteroatoms. The van der Waals surface area contributed by atoms with Crippen LogP contribution in [0, 0.1) is 10.1 Å². The Hall–Kier alpha value is -1.70. The molecule has 0 aliphatic carbocycles. The molecule has 1 saturated heterocycles. The van der Waals surface area contributed by atoms with Crippen molar-refractivity contribution in [3.8, 4) is 0 Å². The fourth-order valence-corrected chi connectivity index (χ4v) is 1.88. The van der Waals surface area contributed by atoms with Crippen molar-refractivity contribution in [1.29, 1.82) is 0 Å². The van der Waals surface area contributed by atoms with Crippen molar-refractivity contribution in [3.05, 3.63) is 33.9 Å². The van der Waals surface area contributed by atoms with Crippen LogP contribution in [0.4, 0.5) is 11.4 Å². The first-order valence-corrected chi connectivity index (χ1v) is 5.64. The molecule has 1 aromatic rings. The molecule has 7 nitrogen and oxygen atoms in total. The molecule has 1 aliphatic heterocycles. The maximum Gasteiger partial charge on any atom is 0.294 e. The number of nitro groups is 1. The second-order valence-electron chi connectivity index (χ2n) is 4.01. The molecule has 1 fully saturated rings. The summed E-state index contributed by atoms with van der Waals surface area (Å²) in [6.45, 7) is 1.54. The van der Waals surface area contributed by atoms with E-state index in [1.165, 1.54) is 6.07 Å². The molecule has 0 bridgehead atoms. The third kappa shape index (κ3) is 2.76. The summed E-state index contributed by atoms with van der Waals surface area (Å²) in [7, 11) is 0. The topological polar surface area (TPSA) is 99.7 Å². The van der Waals surface area contributed by atoms with Crippen LogP contribution in [0.3, 0.4) is 0 Å². The summed E-state index contributed by atoms with van der Waals surface area (Å²) in [5.41, 5.74) is 3.27. The molecule has 2 rings (SSSR count). The number of hydrogen-bond acceptors (Lipinski definition) is 6. The van der Waals surface area contributed by atoms with Gasteiger partial charge in [0.1, 0.15) is 5.69 Å². The minimum absolute atomic E-state index is 0.0508. The van der Waals surface area contributed by atoms with E-state index in [0.29, 0.717) is 24.5 Å². The number of nitrogens with one attached hydrogen (secondary N) is 1. The van der Waals surface area contributed by atoms with Crippen molar-refractivity contribution >= 4 is 11.4 Å². The smallest absolute Gasteiger partial charge is 0.294 e. The number of benzene rings is 1. The summed E-state index contributed by atoms with van der Waals surface area (Å²) < 4.78 is 10.8. The lowest BCUT2D eigenvalue weighted by atomic mass is 10.1. The second-order valence-corrected chi connectivity index (χ2v) is 4.01. The highest BCUT2D eigenvalue weighted by molar-refractivity contribution is 5.65. The van der Waals surface area contributed by atoms with Gasteiger partial charge in [0.2, 0.25) is 0 Å². The Balaban J connectivity index is 2.11. The maximum atomic E-state index is 10.8. The fraction of sp³-hybridized carbons (Fsp3) is 0.455. The van der Waals surface area contributed by atoms with E-state index in [1.54, 1.807) is 12.1 Å². The summed E-state index contributed by atoms with van der Waals surface area (Å²) >= 11 is 0. The van der Waals surface area contributed by atoms with Gasteiger partial charge in [-0.05, 0) is 6.42 Å². The van der Waals surface area contributed by atoms with Gasteiger partial charge in [0.25, 0.3) is 5.69 Å². The molecule has 18 heavy (non-hydrogen) atoms. The van der Waals surface area contributed by atoms with Crippen LogP contribution < -0.4 is 11.3 Å². The third-order valence-electron chi connectivity index (χ3n) is 2.83. The number of ether oxygens (including phenoxy) is 2. The molecule has 0 saturated carbocycles. The highest BCUT2D eigenvalue weighted by atomic mass is 16.6. The van der Waals surface area contributed by atoms with Crippen LogP contribution in [-0.2, 0) is 16.1 Å². The molecule has 1 atom stereocenters. The Morgan fingerprint density at radius 1 is 1.61 bits per heavy atom. The lowest BCUT2D eigenvalue weighted by Crippen LogP contribution is -2.15. The van der Waals surface area contributed by atoms with Crippen LogP contribution in [-0.4, -0.2) is 24.2 Å². The quantitative estimate of drug-likeness (QED) is 0.464. The Morgan fingerprint density at radius 2 is 2.44 bits per heavy atom. The van der Waals surface area contributed by atoms with Crippen molar-refractivity contribution in [2.24, 2.45) is 5.84 Å². The van der Waals surface area contributed by atoms with Crippen molar-refractivity contribution in [3.63, 3.8) is 0 Å². The predicted octanol–water partition coefficient (Wildman–Crippen LogP) is 1.19. The summed E-state index contributed by atoms with van der Waals surface area (Å²) in [5.74, 6) is 5.34. The Morgan fingerprint density at radius 3 is 3.06 bits per heavy atom. The van der Waals surface area contributed by atoms with Crippen molar-refractivity contribution in [2.75, 3.05) is 18.6 Å². The number of hydrogen-bond donors (Lipinski definition) is 2. The number of anilines is 1. The van der Waals surface area contributed by atoms with Crippen molar-refractivity contribution in [2.45, 2.75) is 19.1 Å². The first kappa shape index (κ1) is 12.7. The minimum atomic E-state index is -0.475. The lowest BCUT2D eigenvalue weighted by Gasteiger charge is -2.12. The van der Waals surface area contributed by atoms with Gasteiger partial charge in [-0.15, -0.1) is 0 Å². The zero-order valence-electron chi connectivity index (χ0n) is 9.80. The molecule has 98 valence electrons. The van der Waals surface area contributed by atoms with Crippen LogP contribution in [0.15, 0.2) is 18.2 Å². The van der Waals surface area contributed by atoms with Gasteiger partial charge in [-0.25, -0.2) is 0 Å². The summed E-state index contributed by atoms with van der Waals surface area (Å²) in [4.78, 5) is 10.4. The first-order chi connectivity index (χ1) is 8.72. The van der Waals surface area contributed by atoms with E-state index in [1.807, 2.05) is 0 Å². The molecular formula is C11H15N3O4. The van der Waals surface area contributed by atoms with E-state index in [2.05, 4.69) is 5.43 Å². The summed E-state index contributed by atoms with van der Waals surface area (Å²) in [6, 6.07) is 4.76. The van der Waals surface area contributed by atoms with Gasteiger partial charge in [0.15, 0.2) is 0 Å². The predicted molar refractivity (Wildman–Crippen MR) is 64.9 cm³/mol. The average Bonchev–Trinajstić information content (AvgIpc) is 2.88. The van der Waals surface area contributed by atoms with Gasteiger partial charge < -0.3 is 14.9 Å². The number of nitrogens with two attached hydrogens (primary N) is 1. The minimum Gasteiger partial charge on any atom is -0.379 e. The van der Waals surface area contributed by atoms with Crippen LogP contribution in [0.2, 0.25) is 0 Å². The fourth-order valence-electron chi connectivity index (χ4n) is 1.88. The second kappa shape index (κ2) is 5.76. The van der Waals surface area contributed by atoms with Gasteiger partial charge in [-0.1, -0.05) is 12.1 Å². The number of para-hydroxylation sites is 1. The number of rotatable bonds is 5. The van der Waals surface area contributed by atoms with Crippen LogP contribution in [0.5, 0.6) is 0 Å². The van der Waals surface area contributed by atoms with E-state index in [-0.39, 0.29) is 18.4 Å². The Labute approximate surface area is 104 Å². The highest BCUT2D eigenvalue weighted by Gasteiger charge is 2.19. The normalized spacial score (nSPS) is 18.8. The number of nitrogens with zero attached hydrogens (tertiary/aromatic N) is 1. The van der Waals surface area contributed by atoms with E-state index in [4.69, 9.17) is 15.3 Å². The van der Waals surface area contributed by atoms with E-state index in [0.717, 1.165) is 6.42 Å². The molecule has 0 spiro atoms. The van der Waals surface area contributed by atoms with Gasteiger partial charge in [-0.3, -0.25) is 16.0 Å². The number of nitrogen functional groups attached to an aromatic ring is 1. The van der Waals surface area contributed by atoms with Crippen LogP contribution in [0.1, 0.15) is 12.0 Å². The van der Waals surface area contributed by atoms with Crippen molar-refractivity contribution in [1.82, 2.24) is 0 Å². The first-order valence-electron chi connectivity index (χ1n) is 5.64. The third-order valence-corrected chi connectivity index (χ3v) is 2.83. The number of hydrazine groups is 1. The zero-order chi connectivity index (χ0) is 13.0. The molecular weight excluding hydrogens is 238 g/mol. The summed E-state index contributed by atoms with van der Waals surface area (Å²) in [6.07, 6.45) is 0.898. The molecule has 1 heterocycles. The molecule has 0 amide bonds. The van der Waals surface area contributed by atoms with Gasteiger partial charge in [0, 0.05) is 18.2 Å². The van der Waals surface area contributed by atoms with Crippen molar-refractivity contribution < 1.29 is 14.4 Å². The lowest BCUT2D eigenvalue weighted by molar-refractivity contribution is -0.384. The monoisotopic (exact) mass is 253 g/mol. The molecule has 3 N–H and O–H groups in total. The van der Waals surface area contributed by atoms with Gasteiger partial charge >= 0.3 is 0 Å². The van der Waals surface area contributed by atoms with Crippen LogP contribution in [0.25, 0.3) is 0 Å². The Bertz CT molecular complexity index is 432. The standard InChI is InChI=1S/C11H15N3O4/c12-13-11-8(2-1-3-10(11)14(15)16)6-18-9-4-5-17-7-9/h1-3,9,13H,4-7,12H2. The van der Waals surface area contributed by atoms with Gasteiger partial charge in [0.05, 0.1) is 24.2 Å². The van der Waals surface area contributed by atoms with Gasteiger partial charge in [-0.2, -0.15) is 0 Å². The molecule has 1 unspecified atom stereocenters. The average molecular weight is 253 g/mol. The Kier molecular flexibility index (Phi) is 4.08. The van der Waals surface area contributed by atoms with Crippen LogP contribution >= 0.6 is 0 Å². The highest BCUT2D eigenvalue weighted by Crippen LogP contribution is 2.28. The van der Waals surface area contributed by atoms with E-state index in [9.17, 15) is 10.1 Å². The molecule has 1 aromatic carbocycles. The van der Waals surface area contributed by atoms with E-state index < -0.39 is 4.92 Å². The molecule has 0 radical (unpaired) electrons. The molecule has 0 aromatic heterocycles. The largest absolute Gasteiger partial charge is 0.379 e. The SMILES string of the molecule is NNc1c(COC2CCOC2)cccc1[N+](=O)[O-]. The van der Waals surface area contributed by atoms with E-state index >= 15 is 0 Å². The molecule has 1 aliphatic rings. The maximum absolute atomic E-state index is 10.8. The zero-order valence-corrected chi connectivity index (χ0v) is 9.80.